The second kappa shape index (κ2) is 6.76. The lowest BCUT2D eigenvalue weighted by atomic mass is 10.0. The zero-order valence-electron chi connectivity index (χ0n) is 12.4. The van der Waals surface area contributed by atoms with Crippen molar-refractivity contribution in [1.29, 1.82) is 0 Å². The summed E-state index contributed by atoms with van der Waals surface area (Å²) in [5.41, 5.74) is 2.88. The van der Waals surface area contributed by atoms with E-state index in [0.29, 0.717) is 5.92 Å². The SMILES string of the molecule is CC(C)c1ccc(NC(=O)N(C)c2ccccc2Br)cc1. The molecule has 0 heterocycles. The second-order valence-corrected chi connectivity index (χ2v) is 6.07. The van der Waals surface area contributed by atoms with Gasteiger partial charge >= 0.3 is 6.03 Å². The highest BCUT2D eigenvalue weighted by Crippen LogP contribution is 2.25. The largest absolute Gasteiger partial charge is 0.326 e. The number of carbonyl (C=O) groups excluding carboxylic acids is 1. The van der Waals surface area contributed by atoms with Crippen LogP contribution in [0.25, 0.3) is 0 Å². The number of carbonyl (C=O) groups is 1. The number of nitrogens with one attached hydrogen (secondary N) is 1. The average molecular weight is 347 g/mol. The smallest absolute Gasteiger partial charge is 0.308 e. The number of benzene rings is 2. The van der Waals surface area contributed by atoms with E-state index in [1.165, 1.54) is 5.56 Å². The molecule has 0 radical (unpaired) electrons. The number of amides is 2. The summed E-state index contributed by atoms with van der Waals surface area (Å²) in [6.45, 7) is 4.29. The molecule has 0 aliphatic rings. The molecule has 3 nitrogen and oxygen atoms in total. The molecule has 0 unspecified atom stereocenters. The molecule has 0 aliphatic heterocycles. The summed E-state index contributed by atoms with van der Waals surface area (Å²) in [5.74, 6) is 0.484. The Balaban J connectivity index is 2.09. The van der Waals surface area contributed by atoms with Crippen molar-refractivity contribution in [3.8, 4) is 0 Å². The molecule has 1 N–H and O–H groups in total. The predicted octanol–water partition coefficient (Wildman–Crippen LogP) is 5.24. The second-order valence-electron chi connectivity index (χ2n) is 5.22. The summed E-state index contributed by atoms with van der Waals surface area (Å²) in [5, 5.41) is 2.90. The monoisotopic (exact) mass is 346 g/mol. The van der Waals surface area contributed by atoms with Crippen LogP contribution in [0, 0.1) is 0 Å². The Hall–Kier alpha value is -1.81. The first-order valence-electron chi connectivity index (χ1n) is 6.88. The van der Waals surface area contributed by atoms with E-state index in [1.807, 2.05) is 48.5 Å². The van der Waals surface area contributed by atoms with Crippen molar-refractivity contribution in [3.05, 3.63) is 58.6 Å². The zero-order valence-corrected chi connectivity index (χ0v) is 14.0. The number of para-hydroxylation sites is 1. The third-order valence-corrected chi connectivity index (χ3v) is 4.02. The topological polar surface area (TPSA) is 32.3 Å². The highest BCUT2D eigenvalue weighted by molar-refractivity contribution is 9.10. The molecule has 0 aliphatic carbocycles. The van der Waals surface area contributed by atoms with Crippen molar-refractivity contribution >= 4 is 33.3 Å². The van der Waals surface area contributed by atoms with Gasteiger partial charge in [-0.25, -0.2) is 4.79 Å². The molecule has 0 spiro atoms. The van der Waals surface area contributed by atoms with Crippen LogP contribution in [-0.2, 0) is 0 Å². The van der Waals surface area contributed by atoms with Crippen LogP contribution >= 0.6 is 15.9 Å². The molecular formula is C17H19BrN2O. The fourth-order valence-corrected chi connectivity index (χ4v) is 2.54. The van der Waals surface area contributed by atoms with E-state index in [1.54, 1.807) is 11.9 Å². The lowest BCUT2D eigenvalue weighted by molar-refractivity contribution is 0.258. The van der Waals surface area contributed by atoms with Gasteiger partial charge in [-0.05, 0) is 51.7 Å². The first kappa shape index (κ1) is 15.6. The molecule has 0 atom stereocenters. The van der Waals surface area contributed by atoms with E-state index in [0.717, 1.165) is 15.8 Å². The summed E-state index contributed by atoms with van der Waals surface area (Å²) in [4.78, 5) is 13.9. The van der Waals surface area contributed by atoms with Gasteiger partial charge in [-0.15, -0.1) is 0 Å². The molecule has 0 saturated carbocycles. The van der Waals surface area contributed by atoms with Gasteiger partial charge in [-0.2, -0.15) is 0 Å². The number of rotatable bonds is 3. The van der Waals surface area contributed by atoms with Gasteiger partial charge in [0.15, 0.2) is 0 Å². The summed E-state index contributed by atoms with van der Waals surface area (Å²) in [6.07, 6.45) is 0. The predicted molar refractivity (Wildman–Crippen MR) is 92.1 cm³/mol. The van der Waals surface area contributed by atoms with Crippen molar-refractivity contribution in [2.75, 3.05) is 17.3 Å². The quantitative estimate of drug-likeness (QED) is 0.809. The third kappa shape index (κ3) is 3.85. The third-order valence-electron chi connectivity index (χ3n) is 3.35. The fraction of sp³-hybridized carbons (Fsp3) is 0.235. The van der Waals surface area contributed by atoms with Crippen molar-refractivity contribution in [2.24, 2.45) is 0 Å². The van der Waals surface area contributed by atoms with E-state index in [9.17, 15) is 4.79 Å². The van der Waals surface area contributed by atoms with Crippen LogP contribution in [-0.4, -0.2) is 13.1 Å². The highest BCUT2D eigenvalue weighted by Gasteiger charge is 2.13. The van der Waals surface area contributed by atoms with Crippen molar-refractivity contribution in [2.45, 2.75) is 19.8 Å². The van der Waals surface area contributed by atoms with E-state index in [2.05, 4.69) is 35.1 Å². The van der Waals surface area contributed by atoms with Crippen LogP contribution in [0.3, 0.4) is 0 Å². The average Bonchev–Trinajstić information content (AvgIpc) is 2.47. The number of nitrogens with zero attached hydrogens (tertiary/aromatic N) is 1. The molecule has 2 aromatic carbocycles. The van der Waals surface area contributed by atoms with Crippen LogP contribution in [0.1, 0.15) is 25.3 Å². The molecule has 2 rings (SSSR count). The summed E-state index contributed by atoms with van der Waals surface area (Å²) >= 11 is 3.45. The lowest BCUT2D eigenvalue weighted by Gasteiger charge is -2.19. The first-order valence-corrected chi connectivity index (χ1v) is 7.67. The Morgan fingerprint density at radius 1 is 1.10 bits per heavy atom. The number of hydrogen-bond acceptors (Lipinski definition) is 1. The lowest BCUT2D eigenvalue weighted by Crippen LogP contribution is -2.31. The number of urea groups is 1. The molecular weight excluding hydrogens is 328 g/mol. The van der Waals surface area contributed by atoms with E-state index in [-0.39, 0.29) is 6.03 Å². The maximum Gasteiger partial charge on any atom is 0.326 e. The molecule has 21 heavy (non-hydrogen) atoms. The number of halogens is 1. The fourth-order valence-electron chi connectivity index (χ4n) is 1.99. The van der Waals surface area contributed by atoms with Crippen LogP contribution in [0.4, 0.5) is 16.2 Å². The minimum absolute atomic E-state index is 0.167. The van der Waals surface area contributed by atoms with E-state index >= 15 is 0 Å². The molecule has 2 amide bonds. The Labute approximate surface area is 134 Å². The van der Waals surface area contributed by atoms with Gasteiger partial charge in [0.25, 0.3) is 0 Å². The maximum atomic E-state index is 12.3. The van der Waals surface area contributed by atoms with Crippen LogP contribution in [0.2, 0.25) is 0 Å². The first-order chi connectivity index (χ1) is 9.99. The van der Waals surface area contributed by atoms with Gasteiger partial charge in [0.2, 0.25) is 0 Å². The molecule has 0 fully saturated rings. The van der Waals surface area contributed by atoms with Crippen molar-refractivity contribution in [3.63, 3.8) is 0 Å². The highest BCUT2D eigenvalue weighted by atomic mass is 79.9. The minimum atomic E-state index is -0.167. The maximum absolute atomic E-state index is 12.3. The number of hydrogen-bond donors (Lipinski definition) is 1. The van der Waals surface area contributed by atoms with Gasteiger partial charge in [0.05, 0.1) is 5.69 Å². The van der Waals surface area contributed by atoms with E-state index < -0.39 is 0 Å². The number of anilines is 2. The summed E-state index contributed by atoms with van der Waals surface area (Å²) in [6, 6.07) is 15.4. The molecule has 4 heteroatoms. The normalized spacial score (nSPS) is 10.5. The van der Waals surface area contributed by atoms with Gasteiger partial charge in [0.1, 0.15) is 0 Å². The van der Waals surface area contributed by atoms with Crippen molar-refractivity contribution in [1.82, 2.24) is 0 Å². The van der Waals surface area contributed by atoms with Crippen LogP contribution in [0.5, 0.6) is 0 Å². The van der Waals surface area contributed by atoms with Gasteiger partial charge in [-0.3, -0.25) is 4.90 Å². The molecule has 0 aromatic heterocycles. The van der Waals surface area contributed by atoms with Crippen LogP contribution < -0.4 is 10.2 Å². The molecule has 2 aromatic rings. The molecule has 110 valence electrons. The van der Waals surface area contributed by atoms with Crippen LogP contribution in [0.15, 0.2) is 53.0 Å². The van der Waals surface area contributed by atoms with Gasteiger partial charge < -0.3 is 5.32 Å². The molecule has 0 bridgehead atoms. The van der Waals surface area contributed by atoms with Crippen molar-refractivity contribution < 1.29 is 4.79 Å². The summed E-state index contributed by atoms with van der Waals surface area (Å²) < 4.78 is 0.887. The zero-order chi connectivity index (χ0) is 15.4. The van der Waals surface area contributed by atoms with Gasteiger partial charge in [-0.1, -0.05) is 38.1 Å². The standard InChI is InChI=1S/C17H19BrN2O/c1-12(2)13-8-10-14(11-9-13)19-17(21)20(3)16-7-5-4-6-15(16)18/h4-12H,1-3H3,(H,19,21). The Bertz CT molecular complexity index is 623. The summed E-state index contributed by atoms with van der Waals surface area (Å²) in [7, 11) is 1.75. The molecule has 0 saturated heterocycles. The Morgan fingerprint density at radius 3 is 2.29 bits per heavy atom. The van der Waals surface area contributed by atoms with E-state index in [4.69, 9.17) is 0 Å². The van der Waals surface area contributed by atoms with Gasteiger partial charge in [0, 0.05) is 17.2 Å². The Morgan fingerprint density at radius 2 is 1.71 bits per heavy atom. The minimum Gasteiger partial charge on any atom is -0.308 e. The Kier molecular flexibility index (Phi) is 5.02.